The van der Waals surface area contributed by atoms with Gasteiger partial charge in [0.25, 0.3) is 0 Å². The molecule has 1 rings (SSSR count). The van der Waals surface area contributed by atoms with Crippen LogP contribution in [0.5, 0.6) is 0 Å². The quantitative estimate of drug-likeness (QED) is 0.677. The maximum Gasteiger partial charge on any atom is 0.408 e. The first kappa shape index (κ1) is 15.4. The Balaban J connectivity index is 0.00000225. The van der Waals surface area contributed by atoms with Gasteiger partial charge in [0.05, 0.1) is 0 Å². The van der Waals surface area contributed by atoms with E-state index in [-0.39, 0.29) is 21.1 Å². The third kappa shape index (κ3) is 4.12. The van der Waals surface area contributed by atoms with Gasteiger partial charge in [0.1, 0.15) is 11.6 Å². The van der Waals surface area contributed by atoms with Crippen LogP contribution in [0.4, 0.5) is 4.79 Å². The van der Waals surface area contributed by atoms with Crippen molar-refractivity contribution in [2.45, 2.75) is 38.8 Å². The van der Waals surface area contributed by atoms with E-state index in [9.17, 15) is 9.59 Å². The van der Waals surface area contributed by atoms with Gasteiger partial charge >= 0.3 is 12.1 Å². The second-order valence-corrected chi connectivity index (χ2v) is 4.51. The van der Waals surface area contributed by atoms with Crippen molar-refractivity contribution in [2.24, 2.45) is 0 Å². The number of likely N-dealkylation sites (tertiary alicyclic amines) is 1. The maximum atomic E-state index is 11.6. The zero-order valence-electron chi connectivity index (χ0n) is 9.60. The molecule has 1 aliphatic heterocycles. The van der Waals surface area contributed by atoms with Crippen LogP contribution in [0.2, 0.25) is 0 Å². The molecular formula is C10H16NO4W-. The van der Waals surface area contributed by atoms with E-state index in [2.05, 4.69) is 0 Å². The standard InChI is InChI=1S/C10H16NO4.W/c1-10(2,3)15-9(14)11-6-4-5-7(11)8(12)13;/h4,7H,5-6H2,1-3H3,(H,12,13);/q-1;. The molecule has 1 atom stereocenters. The molecule has 1 saturated heterocycles. The molecule has 1 aliphatic rings. The van der Waals surface area contributed by atoms with E-state index in [1.54, 1.807) is 27.2 Å². The predicted octanol–water partition coefficient (Wildman–Crippen LogP) is 1.28. The van der Waals surface area contributed by atoms with E-state index in [1.165, 1.54) is 4.90 Å². The van der Waals surface area contributed by atoms with Crippen LogP contribution in [-0.4, -0.2) is 40.3 Å². The number of carboxylic acids is 1. The van der Waals surface area contributed by atoms with Crippen molar-refractivity contribution < 1.29 is 40.5 Å². The fraction of sp³-hybridized carbons (Fsp3) is 0.700. The summed E-state index contributed by atoms with van der Waals surface area (Å²) in [7, 11) is 0. The van der Waals surface area contributed by atoms with E-state index in [0.29, 0.717) is 13.0 Å². The molecule has 1 N–H and O–H groups in total. The summed E-state index contributed by atoms with van der Waals surface area (Å²) in [5.41, 5.74) is -0.595. The number of carbonyl (C=O) groups excluding carboxylic acids is 1. The molecular weight excluding hydrogens is 382 g/mol. The van der Waals surface area contributed by atoms with Crippen LogP contribution < -0.4 is 0 Å². The van der Waals surface area contributed by atoms with Gasteiger partial charge in [0, 0.05) is 21.1 Å². The SMILES string of the molecule is CC(C)(C)OC(=O)N1C[CH-]CC1C(=O)O.[W]. The van der Waals surface area contributed by atoms with Crippen LogP contribution in [0.3, 0.4) is 0 Å². The third-order valence-corrected chi connectivity index (χ3v) is 2.01. The number of aliphatic carboxylic acids is 1. The van der Waals surface area contributed by atoms with Gasteiger partial charge in [-0.15, -0.1) is 6.42 Å². The minimum Gasteiger partial charge on any atom is -0.480 e. The normalized spacial score (nSPS) is 20.2. The van der Waals surface area contributed by atoms with Gasteiger partial charge in [-0.2, -0.15) is 0 Å². The Morgan fingerprint density at radius 3 is 2.44 bits per heavy atom. The predicted molar refractivity (Wildman–Crippen MR) is 53.3 cm³/mol. The Hall–Kier alpha value is -0.572. The van der Waals surface area contributed by atoms with E-state index >= 15 is 0 Å². The topological polar surface area (TPSA) is 66.8 Å². The van der Waals surface area contributed by atoms with Gasteiger partial charge < -0.3 is 21.2 Å². The average molecular weight is 398 g/mol. The number of amides is 1. The Kier molecular flexibility index (Phi) is 5.46. The van der Waals surface area contributed by atoms with Crippen LogP contribution in [0.1, 0.15) is 27.2 Å². The molecule has 0 aromatic carbocycles. The summed E-state index contributed by atoms with van der Waals surface area (Å²) in [5.74, 6) is -0.991. The number of hydrogen-bond acceptors (Lipinski definition) is 3. The Bertz CT molecular complexity index is 274. The molecule has 0 saturated carbocycles. The van der Waals surface area contributed by atoms with E-state index in [4.69, 9.17) is 9.84 Å². The molecule has 92 valence electrons. The molecule has 1 amide bonds. The summed E-state index contributed by atoms with van der Waals surface area (Å²) in [6.45, 7) is 5.59. The third-order valence-electron chi connectivity index (χ3n) is 2.01. The molecule has 0 radical (unpaired) electrons. The van der Waals surface area contributed by atoms with Gasteiger partial charge in [-0.25, -0.2) is 4.79 Å². The second-order valence-electron chi connectivity index (χ2n) is 4.51. The zero-order valence-corrected chi connectivity index (χ0v) is 12.5. The summed E-state index contributed by atoms with van der Waals surface area (Å²) in [6.07, 6.45) is 1.58. The van der Waals surface area contributed by atoms with Crippen molar-refractivity contribution in [3.8, 4) is 0 Å². The van der Waals surface area contributed by atoms with Crippen LogP contribution in [0.15, 0.2) is 0 Å². The monoisotopic (exact) mass is 398 g/mol. The zero-order chi connectivity index (χ0) is 11.6. The number of carbonyl (C=O) groups is 2. The summed E-state index contributed by atoms with van der Waals surface area (Å²) in [6, 6.07) is -0.778. The van der Waals surface area contributed by atoms with Gasteiger partial charge in [-0.3, -0.25) is 4.79 Å². The van der Waals surface area contributed by atoms with Crippen molar-refractivity contribution in [1.29, 1.82) is 0 Å². The van der Waals surface area contributed by atoms with Crippen molar-refractivity contribution in [3.05, 3.63) is 6.42 Å². The second kappa shape index (κ2) is 5.67. The van der Waals surface area contributed by atoms with E-state index in [0.717, 1.165) is 0 Å². The molecule has 0 aromatic rings. The molecule has 5 nitrogen and oxygen atoms in total. The average Bonchev–Trinajstić information content (AvgIpc) is 2.47. The largest absolute Gasteiger partial charge is 0.480 e. The summed E-state index contributed by atoms with van der Waals surface area (Å²) >= 11 is 0. The van der Waals surface area contributed by atoms with Crippen molar-refractivity contribution in [3.63, 3.8) is 0 Å². The smallest absolute Gasteiger partial charge is 0.408 e. The van der Waals surface area contributed by atoms with Crippen LogP contribution in [-0.2, 0) is 30.6 Å². The number of hydrogen-bond donors (Lipinski definition) is 1. The van der Waals surface area contributed by atoms with Crippen LogP contribution >= 0.6 is 0 Å². The van der Waals surface area contributed by atoms with E-state index < -0.39 is 23.7 Å². The Labute approximate surface area is 109 Å². The number of ether oxygens (including phenoxy) is 1. The van der Waals surface area contributed by atoms with Crippen LogP contribution in [0.25, 0.3) is 0 Å². The van der Waals surface area contributed by atoms with Crippen molar-refractivity contribution >= 4 is 12.1 Å². The fourth-order valence-corrected chi connectivity index (χ4v) is 1.38. The van der Waals surface area contributed by atoms with E-state index in [1.807, 2.05) is 0 Å². The molecule has 16 heavy (non-hydrogen) atoms. The van der Waals surface area contributed by atoms with Gasteiger partial charge in [0.15, 0.2) is 0 Å². The summed E-state index contributed by atoms with van der Waals surface area (Å²) in [5, 5.41) is 8.86. The first-order chi connectivity index (χ1) is 6.81. The first-order valence-corrected chi connectivity index (χ1v) is 4.85. The Morgan fingerprint density at radius 1 is 1.44 bits per heavy atom. The summed E-state index contributed by atoms with van der Waals surface area (Å²) in [4.78, 5) is 23.6. The molecule has 1 unspecified atom stereocenters. The van der Waals surface area contributed by atoms with Gasteiger partial charge in [0.2, 0.25) is 0 Å². The fourth-order valence-electron chi connectivity index (χ4n) is 1.38. The number of carboxylic acid groups (broad SMARTS) is 1. The molecule has 6 heteroatoms. The molecule has 0 aromatic heterocycles. The molecule has 0 spiro atoms. The molecule has 1 heterocycles. The maximum absolute atomic E-state index is 11.6. The number of rotatable bonds is 1. The summed E-state index contributed by atoms with van der Waals surface area (Å²) < 4.78 is 5.11. The molecule has 1 fully saturated rings. The molecule has 0 bridgehead atoms. The Morgan fingerprint density at radius 2 is 2.00 bits per heavy atom. The van der Waals surface area contributed by atoms with Crippen molar-refractivity contribution in [1.82, 2.24) is 4.90 Å². The number of nitrogens with zero attached hydrogens (tertiary/aromatic N) is 1. The van der Waals surface area contributed by atoms with Gasteiger partial charge in [-0.1, -0.05) is 6.54 Å². The minimum absolute atomic E-state index is 0. The minimum atomic E-state index is -0.991. The first-order valence-electron chi connectivity index (χ1n) is 4.85. The molecule has 0 aliphatic carbocycles. The van der Waals surface area contributed by atoms with Crippen molar-refractivity contribution in [2.75, 3.05) is 6.54 Å². The van der Waals surface area contributed by atoms with Gasteiger partial charge in [-0.05, 0) is 20.8 Å². The van der Waals surface area contributed by atoms with Crippen LogP contribution in [0, 0.1) is 6.42 Å².